The summed E-state index contributed by atoms with van der Waals surface area (Å²) < 4.78 is 1.77. The van der Waals surface area contributed by atoms with Crippen molar-refractivity contribution in [1.82, 2.24) is 9.55 Å². The number of nitrogens with zero attached hydrogens (tertiary/aromatic N) is 2. The van der Waals surface area contributed by atoms with Crippen LogP contribution >= 0.6 is 46.4 Å². The third-order valence-corrected chi connectivity index (χ3v) is 5.91. The van der Waals surface area contributed by atoms with Crippen molar-refractivity contribution in [3.8, 4) is 28.2 Å². The van der Waals surface area contributed by atoms with Gasteiger partial charge < -0.3 is 11.5 Å². The van der Waals surface area contributed by atoms with E-state index in [0.29, 0.717) is 54.4 Å². The summed E-state index contributed by atoms with van der Waals surface area (Å²) in [6.45, 7) is 1.82. The van der Waals surface area contributed by atoms with Crippen molar-refractivity contribution in [3.63, 3.8) is 0 Å². The van der Waals surface area contributed by atoms with Crippen LogP contribution in [0.2, 0.25) is 20.1 Å². The van der Waals surface area contributed by atoms with Crippen molar-refractivity contribution in [1.29, 1.82) is 0 Å². The molecule has 0 aliphatic heterocycles. The predicted octanol–water partition coefficient (Wildman–Crippen LogP) is 7.29. The molecule has 4 rings (SSSR count). The monoisotopic (exact) mass is 476 g/mol. The Morgan fingerprint density at radius 1 is 0.767 bits per heavy atom. The Labute approximate surface area is 193 Å². The van der Waals surface area contributed by atoms with Gasteiger partial charge in [0, 0.05) is 26.2 Å². The molecule has 4 N–H and O–H groups in total. The Hall–Kier alpha value is -2.37. The lowest BCUT2D eigenvalue weighted by Crippen LogP contribution is -2.06. The normalized spacial score (nSPS) is 11.1. The number of rotatable bonds is 3. The van der Waals surface area contributed by atoms with Gasteiger partial charge in [-0.3, -0.25) is 4.57 Å². The van der Waals surface area contributed by atoms with Crippen LogP contribution in [0.5, 0.6) is 0 Å². The van der Waals surface area contributed by atoms with Crippen molar-refractivity contribution in [2.45, 2.75) is 6.92 Å². The highest BCUT2D eigenvalue weighted by atomic mass is 35.5. The summed E-state index contributed by atoms with van der Waals surface area (Å²) in [5, 5.41) is 2.19. The van der Waals surface area contributed by atoms with E-state index >= 15 is 0 Å². The fourth-order valence-corrected chi connectivity index (χ4v) is 4.03. The molecule has 4 nitrogen and oxygen atoms in total. The van der Waals surface area contributed by atoms with E-state index in [2.05, 4.69) is 4.98 Å². The summed E-state index contributed by atoms with van der Waals surface area (Å²) in [5.74, 6) is 0.987. The van der Waals surface area contributed by atoms with Crippen molar-refractivity contribution < 1.29 is 0 Å². The summed E-state index contributed by atoms with van der Waals surface area (Å²) >= 11 is 25.2. The van der Waals surface area contributed by atoms with E-state index in [-0.39, 0.29) is 0 Å². The smallest absolute Gasteiger partial charge is 0.148 e. The van der Waals surface area contributed by atoms with E-state index in [0.717, 1.165) is 11.1 Å². The first kappa shape index (κ1) is 20.9. The van der Waals surface area contributed by atoms with Gasteiger partial charge in [-0.15, -0.1) is 0 Å². The first-order valence-electron chi connectivity index (χ1n) is 8.92. The van der Waals surface area contributed by atoms with Gasteiger partial charge in [-0.25, -0.2) is 4.98 Å². The summed E-state index contributed by atoms with van der Waals surface area (Å²) in [6.07, 6.45) is 0. The summed E-state index contributed by atoms with van der Waals surface area (Å²) in [7, 11) is 0. The molecular formula is C22H16Cl4N4. The number of nitrogens with two attached hydrogens (primary N) is 2. The van der Waals surface area contributed by atoms with Crippen molar-refractivity contribution in [2.24, 2.45) is 0 Å². The van der Waals surface area contributed by atoms with Gasteiger partial charge in [-0.2, -0.15) is 0 Å². The highest BCUT2D eigenvalue weighted by molar-refractivity contribution is 6.36. The Kier molecular flexibility index (Phi) is 5.60. The number of aromatic nitrogens is 2. The maximum Gasteiger partial charge on any atom is 0.148 e. The van der Waals surface area contributed by atoms with Gasteiger partial charge >= 0.3 is 0 Å². The van der Waals surface area contributed by atoms with Crippen LogP contribution in [0.4, 0.5) is 11.5 Å². The minimum absolute atomic E-state index is 0.446. The molecule has 0 fully saturated rings. The zero-order valence-electron chi connectivity index (χ0n) is 15.8. The Bertz CT molecular complexity index is 1280. The van der Waals surface area contributed by atoms with Gasteiger partial charge in [-0.1, -0.05) is 52.5 Å². The number of nitrogen functional groups attached to an aromatic ring is 2. The second kappa shape index (κ2) is 8.05. The second-order valence-corrected chi connectivity index (χ2v) is 8.45. The molecule has 30 heavy (non-hydrogen) atoms. The first-order chi connectivity index (χ1) is 14.3. The van der Waals surface area contributed by atoms with E-state index in [1.807, 2.05) is 19.1 Å². The third-order valence-electron chi connectivity index (χ3n) is 4.78. The SMILES string of the molecule is Cc1nc(-c2cc(Cl)ccc2Cl)n(-c2cc(-c3cc(Cl)ccc3Cl)ccc2N)c1N. The number of hydrogen-bond donors (Lipinski definition) is 2. The van der Waals surface area contributed by atoms with E-state index < -0.39 is 0 Å². The predicted molar refractivity (Wildman–Crippen MR) is 128 cm³/mol. The fraction of sp³-hybridized carbons (Fsp3) is 0.0455. The maximum absolute atomic E-state index is 6.44. The largest absolute Gasteiger partial charge is 0.397 e. The van der Waals surface area contributed by atoms with Gasteiger partial charge in [0.1, 0.15) is 11.6 Å². The number of aryl methyl sites for hydroxylation is 1. The number of imidazole rings is 1. The summed E-state index contributed by atoms with van der Waals surface area (Å²) in [4.78, 5) is 4.63. The quantitative estimate of drug-likeness (QED) is 0.304. The van der Waals surface area contributed by atoms with Crippen LogP contribution in [0.25, 0.3) is 28.2 Å². The summed E-state index contributed by atoms with van der Waals surface area (Å²) in [5.41, 5.74) is 16.8. The molecule has 1 aromatic heterocycles. The number of halogens is 4. The topological polar surface area (TPSA) is 69.9 Å². The van der Waals surface area contributed by atoms with Crippen LogP contribution in [0.15, 0.2) is 54.6 Å². The lowest BCUT2D eigenvalue weighted by atomic mass is 10.0. The van der Waals surface area contributed by atoms with Crippen LogP contribution in [-0.4, -0.2) is 9.55 Å². The van der Waals surface area contributed by atoms with E-state index in [9.17, 15) is 0 Å². The van der Waals surface area contributed by atoms with Crippen LogP contribution in [0.3, 0.4) is 0 Å². The highest BCUT2D eigenvalue weighted by Gasteiger charge is 2.20. The van der Waals surface area contributed by atoms with Gasteiger partial charge in [-0.05, 0) is 61.0 Å². The van der Waals surface area contributed by atoms with Gasteiger partial charge in [0.05, 0.1) is 22.1 Å². The third kappa shape index (κ3) is 3.72. The zero-order chi connectivity index (χ0) is 21.6. The van der Waals surface area contributed by atoms with Crippen LogP contribution in [0, 0.1) is 6.92 Å². The fourth-order valence-electron chi connectivity index (χ4n) is 3.26. The Balaban J connectivity index is 1.98. The van der Waals surface area contributed by atoms with Gasteiger partial charge in [0.2, 0.25) is 0 Å². The Morgan fingerprint density at radius 3 is 2.03 bits per heavy atom. The van der Waals surface area contributed by atoms with Crippen LogP contribution < -0.4 is 11.5 Å². The number of hydrogen-bond acceptors (Lipinski definition) is 3. The van der Waals surface area contributed by atoms with Crippen molar-refractivity contribution in [3.05, 3.63) is 80.4 Å². The average molecular weight is 478 g/mol. The van der Waals surface area contributed by atoms with E-state index in [1.54, 1.807) is 47.0 Å². The molecule has 0 aliphatic rings. The summed E-state index contributed by atoms with van der Waals surface area (Å²) in [6, 6.07) is 16.0. The van der Waals surface area contributed by atoms with Crippen LogP contribution in [0.1, 0.15) is 5.69 Å². The van der Waals surface area contributed by atoms with E-state index in [1.165, 1.54) is 0 Å². The second-order valence-electron chi connectivity index (χ2n) is 6.76. The molecule has 0 spiro atoms. The minimum atomic E-state index is 0.446. The molecule has 0 aliphatic carbocycles. The standard InChI is InChI=1S/C22H16Cl4N4/c1-11-21(28)30(22(29-11)16-10-14(24)4-6-18(16)26)20-8-12(2-7-19(20)27)15-9-13(23)3-5-17(15)25/h2-10H,27-28H2,1H3. The molecule has 0 unspecified atom stereocenters. The maximum atomic E-state index is 6.44. The molecule has 4 aromatic rings. The number of anilines is 2. The molecule has 8 heteroatoms. The molecule has 0 saturated carbocycles. The Morgan fingerprint density at radius 2 is 1.37 bits per heavy atom. The molecule has 152 valence electrons. The molecule has 3 aromatic carbocycles. The highest BCUT2D eigenvalue weighted by Crippen LogP contribution is 2.38. The molecule has 0 saturated heterocycles. The van der Waals surface area contributed by atoms with Crippen LogP contribution in [-0.2, 0) is 0 Å². The lowest BCUT2D eigenvalue weighted by molar-refractivity contribution is 1.08. The molecule has 0 radical (unpaired) electrons. The first-order valence-corrected chi connectivity index (χ1v) is 10.4. The molecule has 0 amide bonds. The van der Waals surface area contributed by atoms with Gasteiger partial charge in [0.25, 0.3) is 0 Å². The lowest BCUT2D eigenvalue weighted by Gasteiger charge is -2.16. The van der Waals surface area contributed by atoms with E-state index in [4.69, 9.17) is 57.9 Å². The molecule has 0 bridgehead atoms. The average Bonchev–Trinajstić information content (AvgIpc) is 3.00. The number of benzene rings is 3. The van der Waals surface area contributed by atoms with Gasteiger partial charge in [0.15, 0.2) is 0 Å². The molecule has 1 heterocycles. The van der Waals surface area contributed by atoms with Crippen molar-refractivity contribution in [2.75, 3.05) is 11.5 Å². The minimum Gasteiger partial charge on any atom is -0.397 e. The van der Waals surface area contributed by atoms with Crippen molar-refractivity contribution >= 4 is 57.9 Å². The zero-order valence-corrected chi connectivity index (χ0v) is 18.8. The molecular weight excluding hydrogens is 462 g/mol. The molecule has 0 atom stereocenters.